The van der Waals surface area contributed by atoms with Crippen LogP contribution in [-0.4, -0.2) is 43.9 Å². The van der Waals surface area contributed by atoms with Crippen molar-refractivity contribution in [3.8, 4) is 6.07 Å². The Morgan fingerprint density at radius 3 is 2.18 bits per heavy atom. The molecule has 1 fully saturated rings. The molecule has 0 N–H and O–H groups in total. The zero-order chi connectivity index (χ0) is 20.5. The Hall–Kier alpha value is -2.14. The third kappa shape index (κ3) is 4.14. The minimum atomic E-state index is -3.54. The Morgan fingerprint density at radius 2 is 1.64 bits per heavy atom. The number of halogens is 1. The number of nitrogens with zero attached hydrogens (tertiary/aromatic N) is 4. The van der Waals surface area contributed by atoms with Crippen LogP contribution >= 0.6 is 11.6 Å². The number of aromatic nitrogens is 1. The van der Waals surface area contributed by atoms with Gasteiger partial charge in [-0.1, -0.05) is 44.5 Å². The van der Waals surface area contributed by atoms with Crippen molar-refractivity contribution in [2.75, 3.05) is 31.1 Å². The summed E-state index contributed by atoms with van der Waals surface area (Å²) in [6.45, 7) is 8.00. The molecule has 0 radical (unpaired) electrons. The first-order chi connectivity index (χ1) is 13.1. The van der Waals surface area contributed by atoms with Gasteiger partial charge in [0, 0.05) is 26.2 Å². The van der Waals surface area contributed by atoms with Crippen molar-refractivity contribution < 1.29 is 8.42 Å². The maximum Gasteiger partial charge on any atom is 0.243 e. The van der Waals surface area contributed by atoms with E-state index in [9.17, 15) is 8.42 Å². The van der Waals surface area contributed by atoms with Gasteiger partial charge in [0.1, 0.15) is 11.9 Å². The molecule has 0 saturated carbocycles. The quantitative estimate of drug-likeness (QED) is 0.763. The molecule has 0 bridgehead atoms. The van der Waals surface area contributed by atoms with Crippen molar-refractivity contribution in [2.24, 2.45) is 0 Å². The minimum absolute atomic E-state index is 0.0260. The summed E-state index contributed by atoms with van der Waals surface area (Å²) in [7, 11) is -3.54. The highest BCUT2D eigenvalue weighted by Crippen LogP contribution is 2.26. The van der Waals surface area contributed by atoms with Gasteiger partial charge >= 0.3 is 0 Å². The van der Waals surface area contributed by atoms with Crippen molar-refractivity contribution in [1.29, 1.82) is 5.26 Å². The highest BCUT2D eigenvalue weighted by Gasteiger charge is 2.29. The second-order valence-electron chi connectivity index (χ2n) is 7.78. The van der Waals surface area contributed by atoms with Crippen LogP contribution in [0, 0.1) is 11.3 Å². The lowest BCUT2D eigenvalue weighted by Gasteiger charge is -2.34. The van der Waals surface area contributed by atoms with Crippen molar-refractivity contribution in [2.45, 2.75) is 31.1 Å². The van der Waals surface area contributed by atoms with Crippen LogP contribution in [0.3, 0.4) is 0 Å². The zero-order valence-electron chi connectivity index (χ0n) is 16.2. The molecule has 1 aliphatic rings. The van der Waals surface area contributed by atoms with E-state index in [1.165, 1.54) is 4.31 Å². The van der Waals surface area contributed by atoms with Crippen molar-refractivity contribution in [3.05, 3.63) is 52.7 Å². The summed E-state index contributed by atoms with van der Waals surface area (Å²) in [5.41, 5.74) is 1.24. The van der Waals surface area contributed by atoms with Gasteiger partial charge < -0.3 is 4.90 Å². The van der Waals surface area contributed by atoms with Gasteiger partial charge in [-0.15, -0.1) is 0 Å². The molecule has 3 rings (SSSR count). The Kier molecular flexibility index (Phi) is 5.67. The summed E-state index contributed by atoms with van der Waals surface area (Å²) in [4.78, 5) is 6.53. The number of anilines is 1. The molecule has 1 saturated heterocycles. The molecule has 2 aromatic rings. The topological polar surface area (TPSA) is 77.3 Å². The standard InChI is InChI=1S/C20H23ClN4O2S/c1-20(2,3)15-4-6-16(7-5-15)28(26,27)25-12-10-24(11-13-25)19-9-8-17(21)18(14-22)23-19/h4-9H,10-13H2,1-3H3. The molecular weight excluding hydrogens is 396 g/mol. The summed E-state index contributed by atoms with van der Waals surface area (Å²) in [6, 6.07) is 12.5. The largest absolute Gasteiger partial charge is 0.354 e. The number of rotatable bonds is 3. The van der Waals surface area contributed by atoms with Gasteiger partial charge in [-0.3, -0.25) is 0 Å². The van der Waals surface area contributed by atoms with E-state index in [-0.39, 0.29) is 11.1 Å². The van der Waals surface area contributed by atoms with E-state index in [1.54, 1.807) is 24.3 Å². The molecule has 8 heteroatoms. The van der Waals surface area contributed by atoms with E-state index in [1.807, 2.05) is 23.1 Å². The Morgan fingerprint density at radius 1 is 1.04 bits per heavy atom. The molecule has 0 unspecified atom stereocenters. The lowest BCUT2D eigenvalue weighted by Crippen LogP contribution is -2.49. The second-order valence-corrected chi connectivity index (χ2v) is 10.1. The molecule has 1 aromatic carbocycles. The van der Waals surface area contributed by atoms with Crippen LogP contribution in [0.2, 0.25) is 5.02 Å². The van der Waals surface area contributed by atoms with Crippen LogP contribution in [0.4, 0.5) is 5.82 Å². The Balaban J connectivity index is 1.72. The number of hydrogen-bond donors (Lipinski definition) is 0. The van der Waals surface area contributed by atoms with Gasteiger partial charge in [0.25, 0.3) is 0 Å². The molecule has 1 aliphatic heterocycles. The van der Waals surface area contributed by atoms with Crippen molar-refractivity contribution in [1.82, 2.24) is 9.29 Å². The number of sulfonamides is 1. The lowest BCUT2D eigenvalue weighted by atomic mass is 9.87. The highest BCUT2D eigenvalue weighted by atomic mass is 35.5. The second kappa shape index (κ2) is 7.70. The van der Waals surface area contributed by atoms with Crippen LogP contribution in [0.1, 0.15) is 32.0 Å². The number of nitriles is 1. The van der Waals surface area contributed by atoms with Crippen LogP contribution < -0.4 is 4.90 Å². The Bertz CT molecular complexity index is 1000. The van der Waals surface area contributed by atoms with Gasteiger partial charge in [0.15, 0.2) is 5.69 Å². The smallest absolute Gasteiger partial charge is 0.243 e. The van der Waals surface area contributed by atoms with Gasteiger partial charge in [-0.2, -0.15) is 9.57 Å². The monoisotopic (exact) mass is 418 g/mol. The van der Waals surface area contributed by atoms with E-state index in [0.29, 0.717) is 41.9 Å². The van der Waals surface area contributed by atoms with Gasteiger partial charge in [0.05, 0.1) is 9.92 Å². The number of pyridine rings is 1. The molecule has 0 spiro atoms. The third-order valence-electron chi connectivity index (χ3n) is 4.86. The molecule has 28 heavy (non-hydrogen) atoms. The van der Waals surface area contributed by atoms with E-state index >= 15 is 0 Å². The van der Waals surface area contributed by atoms with Crippen LogP contribution in [0.15, 0.2) is 41.3 Å². The first-order valence-electron chi connectivity index (χ1n) is 9.05. The minimum Gasteiger partial charge on any atom is -0.354 e. The zero-order valence-corrected chi connectivity index (χ0v) is 17.8. The normalized spacial score (nSPS) is 16.0. The van der Waals surface area contributed by atoms with E-state index in [0.717, 1.165) is 5.56 Å². The first-order valence-corrected chi connectivity index (χ1v) is 10.9. The van der Waals surface area contributed by atoms with Crippen molar-refractivity contribution >= 4 is 27.4 Å². The molecular formula is C20H23ClN4O2S. The molecule has 6 nitrogen and oxygen atoms in total. The fraction of sp³-hybridized carbons (Fsp3) is 0.400. The average Bonchev–Trinajstić information content (AvgIpc) is 2.68. The van der Waals surface area contributed by atoms with E-state index in [4.69, 9.17) is 16.9 Å². The van der Waals surface area contributed by atoms with Crippen LogP contribution in [0.25, 0.3) is 0 Å². The molecule has 148 valence electrons. The predicted molar refractivity (Wildman–Crippen MR) is 110 cm³/mol. The summed E-state index contributed by atoms with van der Waals surface area (Å²) in [5, 5.41) is 9.39. The first kappa shape index (κ1) is 20.6. The average molecular weight is 419 g/mol. The third-order valence-corrected chi connectivity index (χ3v) is 7.08. The molecule has 0 atom stereocenters. The number of benzene rings is 1. The van der Waals surface area contributed by atoms with Crippen LogP contribution in [-0.2, 0) is 15.4 Å². The fourth-order valence-electron chi connectivity index (χ4n) is 3.12. The number of piperazine rings is 1. The van der Waals surface area contributed by atoms with Gasteiger partial charge in [-0.05, 0) is 35.2 Å². The maximum atomic E-state index is 13.0. The molecule has 0 amide bonds. The fourth-order valence-corrected chi connectivity index (χ4v) is 4.69. The summed E-state index contributed by atoms with van der Waals surface area (Å²) >= 11 is 5.93. The van der Waals surface area contributed by atoms with Gasteiger partial charge in [-0.25, -0.2) is 13.4 Å². The molecule has 2 heterocycles. The molecule has 0 aliphatic carbocycles. The highest BCUT2D eigenvalue weighted by molar-refractivity contribution is 7.89. The predicted octanol–water partition coefficient (Wildman–Crippen LogP) is 3.42. The summed E-state index contributed by atoms with van der Waals surface area (Å²) in [5.74, 6) is 0.632. The Labute approximate surface area is 171 Å². The van der Waals surface area contributed by atoms with E-state index < -0.39 is 10.0 Å². The number of hydrogen-bond acceptors (Lipinski definition) is 5. The van der Waals surface area contributed by atoms with Crippen molar-refractivity contribution in [3.63, 3.8) is 0 Å². The molecule has 1 aromatic heterocycles. The summed E-state index contributed by atoms with van der Waals surface area (Å²) < 4.78 is 27.4. The SMILES string of the molecule is CC(C)(C)c1ccc(S(=O)(=O)N2CCN(c3ccc(Cl)c(C#N)n3)CC2)cc1. The van der Waals surface area contributed by atoms with Crippen LogP contribution in [0.5, 0.6) is 0 Å². The lowest BCUT2D eigenvalue weighted by molar-refractivity contribution is 0.384. The summed E-state index contributed by atoms with van der Waals surface area (Å²) in [6.07, 6.45) is 0. The maximum absolute atomic E-state index is 13.0. The van der Waals surface area contributed by atoms with Gasteiger partial charge in [0.2, 0.25) is 10.0 Å². The van der Waals surface area contributed by atoms with E-state index in [2.05, 4.69) is 25.8 Å².